The van der Waals surface area contributed by atoms with Crippen molar-refractivity contribution in [3.8, 4) is 11.5 Å². The van der Waals surface area contributed by atoms with Gasteiger partial charge in [0.2, 0.25) is 0 Å². The number of nitro benzene ring substituents is 1. The zero-order valence-corrected chi connectivity index (χ0v) is 15.7. The first-order valence-electron chi connectivity index (χ1n) is 8.87. The smallest absolute Gasteiger partial charge is 0.286 e. The maximum absolute atomic E-state index is 12.6. The minimum absolute atomic E-state index is 0.0655. The highest BCUT2D eigenvalue weighted by Gasteiger charge is 2.24. The quantitative estimate of drug-likeness (QED) is 0.458. The molecule has 0 aliphatic heterocycles. The molecular weight excluding hydrogens is 362 g/mol. The van der Waals surface area contributed by atoms with Crippen LogP contribution in [0.3, 0.4) is 0 Å². The van der Waals surface area contributed by atoms with Crippen LogP contribution in [-0.2, 0) is 6.42 Å². The number of methoxy groups -OCH3 is 1. The number of ether oxygens (including phenoxy) is 2. The Balaban J connectivity index is 1.76. The number of nitrogens with one attached hydrogen (secondary N) is 2. The van der Waals surface area contributed by atoms with Crippen molar-refractivity contribution in [2.75, 3.05) is 20.3 Å². The monoisotopic (exact) mass is 383 g/mol. The molecule has 3 aromatic rings. The van der Waals surface area contributed by atoms with Crippen LogP contribution in [0.5, 0.6) is 11.5 Å². The predicted molar refractivity (Wildman–Crippen MR) is 105 cm³/mol. The number of aromatic amines is 1. The Labute approximate surface area is 161 Å². The first-order valence-corrected chi connectivity index (χ1v) is 8.87. The zero-order chi connectivity index (χ0) is 20.1. The third-order valence-electron chi connectivity index (χ3n) is 4.38. The molecule has 2 N–H and O–H groups in total. The van der Waals surface area contributed by atoms with Gasteiger partial charge < -0.3 is 19.8 Å². The van der Waals surface area contributed by atoms with Gasteiger partial charge in [-0.3, -0.25) is 14.9 Å². The van der Waals surface area contributed by atoms with Gasteiger partial charge in [0.05, 0.1) is 24.7 Å². The van der Waals surface area contributed by atoms with Crippen LogP contribution in [0.15, 0.2) is 42.6 Å². The number of aromatic nitrogens is 1. The topological polar surface area (TPSA) is 106 Å². The molecule has 1 aromatic heterocycles. The first-order chi connectivity index (χ1) is 13.5. The number of hydrogen-bond donors (Lipinski definition) is 2. The fraction of sp³-hybridized carbons (Fsp3) is 0.250. The summed E-state index contributed by atoms with van der Waals surface area (Å²) in [6.45, 7) is 2.42. The number of nitro groups is 1. The summed E-state index contributed by atoms with van der Waals surface area (Å²) in [6.07, 6.45) is 2.50. The van der Waals surface area contributed by atoms with Gasteiger partial charge in [0.1, 0.15) is 5.56 Å². The molecule has 0 spiro atoms. The number of fused-ring (bicyclic) bond motifs is 1. The number of amides is 1. The van der Waals surface area contributed by atoms with Crippen LogP contribution in [0.1, 0.15) is 22.8 Å². The zero-order valence-electron chi connectivity index (χ0n) is 15.7. The van der Waals surface area contributed by atoms with E-state index in [1.54, 1.807) is 6.92 Å². The molecule has 0 saturated heterocycles. The minimum Gasteiger partial charge on any atom is -0.493 e. The normalized spacial score (nSPS) is 10.6. The highest BCUT2D eigenvalue weighted by atomic mass is 16.6. The molecule has 8 heteroatoms. The van der Waals surface area contributed by atoms with Crippen molar-refractivity contribution in [2.24, 2.45) is 0 Å². The lowest BCUT2D eigenvalue weighted by atomic mass is 10.1. The summed E-state index contributed by atoms with van der Waals surface area (Å²) in [5.41, 5.74) is 1.70. The van der Waals surface area contributed by atoms with Crippen LogP contribution in [0.25, 0.3) is 10.9 Å². The van der Waals surface area contributed by atoms with Gasteiger partial charge in [0.15, 0.2) is 11.5 Å². The van der Waals surface area contributed by atoms with Gasteiger partial charge in [-0.2, -0.15) is 0 Å². The molecule has 1 amide bonds. The summed E-state index contributed by atoms with van der Waals surface area (Å²) < 4.78 is 10.6. The van der Waals surface area contributed by atoms with Crippen molar-refractivity contribution in [1.82, 2.24) is 10.3 Å². The Bertz CT molecular complexity index is 1010. The van der Waals surface area contributed by atoms with E-state index < -0.39 is 10.8 Å². The van der Waals surface area contributed by atoms with E-state index in [2.05, 4.69) is 10.3 Å². The lowest BCUT2D eigenvalue weighted by Gasteiger charge is -2.12. The lowest BCUT2D eigenvalue weighted by molar-refractivity contribution is -0.385. The minimum atomic E-state index is -0.601. The molecule has 1 heterocycles. The Morgan fingerprint density at radius 3 is 2.75 bits per heavy atom. The lowest BCUT2D eigenvalue weighted by Crippen LogP contribution is -2.26. The average Bonchev–Trinajstić information content (AvgIpc) is 3.11. The Kier molecular flexibility index (Phi) is 5.78. The second kappa shape index (κ2) is 8.43. The van der Waals surface area contributed by atoms with Crippen LogP contribution >= 0.6 is 0 Å². The molecule has 0 bridgehead atoms. The van der Waals surface area contributed by atoms with E-state index >= 15 is 0 Å². The van der Waals surface area contributed by atoms with Crippen LogP contribution in [0.2, 0.25) is 0 Å². The Morgan fingerprint density at radius 1 is 1.25 bits per heavy atom. The third-order valence-corrected chi connectivity index (χ3v) is 4.38. The van der Waals surface area contributed by atoms with Crippen molar-refractivity contribution in [3.63, 3.8) is 0 Å². The van der Waals surface area contributed by atoms with Crippen LogP contribution in [-0.4, -0.2) is 36.1 Å². The van der Waals surface area contributed by atoms with E-state index in [1.165, 1.54) is 19.2 Å². The maximum atomic E-state index is 12.6. The molecule has 0 saturated carbocycles. The highest BCUT2D eigenvalue weighted by molar-refractivity contribution is 5.99. The summed E-state index contributed by atoms with van der Waals surface area (Å²) in [5.74, 6) is -0.0332. The van der Waals surface area contributed by atoms with E-state index in [0.29, 0.717) is 19.6 Å². The number of carbonyl (C=O) groups excluding carboxylic acids is 1. The largest absolute Gasteiger partial charge is 0.493 e. The van der Waals surface area contributed by atoms with Gasteiger partial charge in [-0.25, -0.2) is 0 Å². The second-order valence-corrected chi connectivity index (χ2v) is 6.08. The van der Waals surface area contributed by atoms with E-state index in [-0.39, 0.29) is 22.7 Å². The average molecular weight is 383 g/mol. The number of carbonyl (C=O) groups is 1. The molecule has 8 nitrogen and oxygen atoms in total. The summed E-state index contributed by atoms with van der Waals surface area (Å²) >= 11 is 0. The predicted octanol–water partition coefficient (Wildman–Crippen LogP) is 3.46. The molecular formula is C20H21N3O5. The number of benzene rings is 2. The van der Waals surface area contributed by atoms with Gasteiger partial charge >= 0.3 is 0 Å². The highest BCUT2D eigenvalue weighted by Crippen LogP contribution is 2.34. The summed E-state index contributed by atoms with van der Waals surface area (Å²) in [7, 11) is 1.42. The standard InChI is InChI=1S/C20H21N3O5/c1-3-28-19-11-17(23(25)26)15(10-18(19)27-2)20(24)21-9-8-13-12-22-16-7-5-4-6-14(13)16/h4-7,10-12,22H,3,8-9H2,1-2H3,(H,21,24). The number of nitrogens with zero attached hydrogens (tertiary/aromatic N) is 1. The summed E-state index contributed by atoms with van der Waals surface area (Å²) in [4.78, 5) is 26.6. The number of para-hydroxylation sites is 1. The third kappa shape index (κ3) is 3.90. The van der Waals surface area contributed by atoms with E-state index in [9.17, 15) is 14.9 Å². The summed E-state index contributed by atoms with van der Waals surface area (Å²) in [5, 5.41) is 15.2. The van der Waals surface area contributed by atoms with Crippen LogP contribution in [0, 0.1) is 10.1 Å². The van der Waals surface area contributed by atoms with Crippen molar-refractivity contribution in [1.29, 1.82) is 0 Å². The molecule has 0 radical (unpaired) electrons. The van der Waals surface area contributed by atoms with Gasteiger partial charge in [0, 0.05) is 29.7 Å². The molecule has 3 rings (SSSR count). The van der Waals surface area contributed by atoms with Gasteiger partial charge in [-0.15, -0.1) is 0 Å². The van der Waals surface area contributed by atoms with Crippen molar-refractivity contribution in [3.05, 3.63) is 63.8 Å². The van der Waals surface area contributed by atoms with Gasteiger partial charge in [-0.05, 0) is 25.0 Å². The van der Waals surface area contributed by atoms with E-state index in [0.717, 1.165) is 16.5 Å². The fourth-order valence-electron chi connectivity index (χ4n) is 3.05. The second-order valence-electron chi connectivity index (χ2n) is 6.08. The van der Waals surface area contributed by atoms with Gasteiger partial charge in [0.25, 0.3) is 11.6 Å². The molecule has 0 unspecified atom stereocenters. The van der Waals surface area contributed by atoms with Gasteiger partial charge in [-0.1, -0.05) is 18.2 Å². The van der Waals surface area contributed by atoms with Crippen LogP contribution < -0.4 is 14.8 Å². The van der Waals surface area contributed by atoms with E-state index in [4.69, 9.17) is 9.47 Å². The number of hydrogen-bond acceptors (Lipinski definition) is 5. The molecule has 0 aliphatic carbocycles. The SMILES string of the molecule is CCOc1cc([N+](=O)[O-])c(C(=O)NCCc2c[nH]c3ccccc23)cc1OC. The maximum Gasteiger partial charge on any atom is 0.286 e. The molecule has 146 valence electrons. The van der Waals surface area contributed by atoms with E-state index in [1.807, 2.05) is 30.5 Å². The molecule has 0 atom stereocenters. The summed E-state index contributed by atoms with van der Waals surface area (Å²) in [6, 6.07) is 10.4. The van der Waals surface area contributed by atoms with Crippen molar-refractivity contribution in [2.45, 2.75) is 13.3 Å². The molecule has 28 heavy (non-hydrogen) atoms. The molecule has 0 fully saturated rings. The first kappa shape index (κ1) is 19.2. The Hall–Kier alpha value is -3.55. The van der Waals surface area contributed by atoms with Crippen molar-refractivity contribution < 1.29 is 19.2 Å². The van der Waals surface area contributed by atoms with Crippen LogP contribution in [0.4, 0.5) is 5.69 Å². The molecule has 0 aliphatic rings. The Morgan fingerprint density at radius 2 is 2.04 bits per heavy atom. The number of rotatable bonds is 8. The van der Waals surface area contributed by atoms with Crippen molar-refractivity contribution >= 4 is 22.5 Å². The number of H-pyrrole nitrogens is 1. The fourth-order valence-corrected chi connectivity index (χ4v) is 3.05. The molecule has 2 aromatic carbocycles.